The predicted molar refractivity (Wildman–Crippen MR) is 93.2 cm³/mol. The number of nitrogens with zero attached hydrogens (tertiary/aromatic N) is 2. The maximum absolute atomic E-state index is 12.4. The van der Waals surface area contributed by atoms with E-state index < -0.39 is 0 Å². The largest absolute Gasteiger partial charge is 0.376 e. The van der Waals surface area contributed by atoms with Crippen LogP contribution >= 0.6 is 0 Å². The van der Waals surface area contributed by atoms with Crippen LogP contribution in [0.25, 0.3) is 0 Å². The number of carbonyl (C=O) groups excluding carboxylic acids is 1. The van der Waals surface area contributed by atoms with Crippen molar-refractivity contribution in [2.75, 3.05) is 13.2 Å². The van der Waals surface area contributed by atoms with Crippen LogP contribution in [0.15, 0.2) is 30.3 Å². The van der Waals surface area contributed by atoms with Crippen molar-refractivity contribution >= 4 is 5.91 Å². The highest BCUT2D eigenvalue weighted by molar-refractivity contribution is 5.94. The molecule has 1 amide bonds. The average Bonchev–Trinajstić information content (AvgIpc) is 2.91. The zero-order valence-electron chi connectivity index (χ0n) is 14.4. The van der Waals surface area contributed by atoms with Crippen molar-refractivity contribution in [3.8, 4) is 0 Å². The summed E-state index contributed by atoms with van der Waals surface area (Å²) in [7, 11) is 0. The summed E-state index contributed by atoms with van der Waals surface area (Å²) in [6.45, 7) is 6.09. The summed E-state index contributed by atoms with van der Waals surface area (Å²) in [5, 5.41) is 7.47. The second kappa shape index (κ2) is 7.62. The maximum Gasteiger partial charge on any atom is 0.251 e. The van der Waals surface area contributed by atoms with Crippen molar-refractivity contribution in [3.05, 3.63) is 52.8 Å². The summed E-state index contributed by atoms with van der Waals surface area (Å²) in [4.78, 5) is 12.4. The molecule has 1 fully saturated rings. The third-order valence-electron chi connectivity index (χ3n) is 4.39. The van der Waals surface area contributed by atoms with Crippen molar-refractivity contribution in [1.82, 2.24) is 15.1 Å². The Hall–Kier alpha value is -2.14. The Morgan fingerprint density at radius 2 is 2.21 bits per heavy atom. The summed E-state index contributed by atoms with van der Waals surface area (Å²) in [6.07, 6.45) is 3.48. The fourth-order valence-electron chi connectivity index (χ4n) is 3.10. The van der Waals surface area contributed by atoms with Crippen LogP contribution in [-0.2, 0) is 11.3 Å². The van der Waals surface area contributed by atoms with Gasteiger partial charge in [0.05, 0.1) is 18.3 Å². The number of hydrogen-bond acceptors (Lipinski definition) is 3. The van der Waals surface area contributed by atoms with E-state index in [0.717, 1.165) is 36.4 Å². The number of amides is 1. The van der Waals surface area contributed by atoms with Gasteiger partial charge in [-0.2, -0.15) is 5.10 Å². The van der Waals surface area contributed by atoms with E-state index in [-0.39, 0.29) is 12.0 Å². The highest BCUT2D eigenvalue weighted by Gasteiger charge is 2.15. The molecule has 3 rings (SSSR count). The van der Waals surface area contributed by atoms with E-state index in [1.165, 1.54) is 6.42 Å². The molecule has 0 radical (unpaired) electrons. The summed E-state index contributed by atoms with van der Waals surface area (Å²) in [5.41, 5.74) is 3.89. The number of benzene rings is 1. The molecule has 24 heavy (non-hydrogen) atoms. The summed E-state index contributed by atoms with van der Waals surface area (Å²) in [5.74, 6) is -0.0422. The Labute approximate surface area is 143 Å². The highest BCUT2D eigenvalue weighted by atomic mass is 16.5. The number of rotatable bonds is 5. The fraction of sp³-hybridized carbons (Fsp3) is 0.474. The van der Waals surface area contributed by atoms with Gasteiger partial charge in [0.2, 0.25) is 0 Å². The van der Waals surface area contributed by atoms with Crippen molar-refractivity contribution in [2.24, 2.45) is 0 Å². The lowest BCUT2D eigenvalue weighted by Gasteiger charge is -2.22. The molecule has 128 valence electrons. The molecule has 0 spiro atoms. The number of hydrogen-bond donors (Lipinski definition) is 1. The molecular formula is C19H25N3O2. The van der Waals surface area contributed by atoms with Gasteiger partial charge in [-0.15, -0.1) is 0 Å². The number of ether oxygens (including phenoxy) is 1. The summed E-state index contributed by atoms with van der Waals surface area (Å²) in [6, 6.07) is 9.79. The monoisotopic (exact) mass is 327 g/mol. The second-order valence-corrected chi connectivity index (χ2v) is 6.48. The molecule has 1 aromatic carbocycles. The molecule has 1 atom stereocenters. The van der Waals surface area contributed by atoms with Gasteiger partial charge in [0, 0.05) is 24.4 Å². The number of aromatic nitrogens is 2. The van der Waals surface area contributed by atoms with Crippen LogP contribution in [0.3, 0.4) is 0 Å². The first-order valence-electron chi connectivity index (χ1n) is 8.61. The van der Waals surface area contributed by atoms with Gasteiger partial charge in [-0.25, -0.2) is 0 Å². The lowest BCUT2D eigenvalue weighted by atomic mass is 10.1. The molecule has 1 aliphatic rings. The molecule has 1 aliphatic heterocycles. The fourth-order valence-corrected chi connectivity index (χ4v) is 3.10. The Morgan fingerprint density at radius 3 is 2.92 bits per heavy atom. The molecule has 0 aliphatic carbocycles. The number of aryl methyl sites for hydroxylation is 2. The van der Waals surface area contributed by atoms with E-state index in [1.54, 1.807) is 0 Å². The van der Waals surface area contributed by atoms with Gasteiger partial charge in [0.25, 0.3) is 5.91 Å². The zero-order chi connectivity index (χ0) is 16.9. The Balaban J connectivity index is 1.61. The lowest BCUT2D eigenvalue weighted by Crippen LogP contribution is -2.35. The molecule has 5 heteroatoms. The summed E-state index contributed by atoms with van der Waals surface area (Å²) < 4.78 is 7.62. The molecule has 1 saturated heterocycles. The van der Waals surface area contributed by atoms with Gasteiger partial charge in [-0.1, -0.05) is 12.1 Å². The Bertz CT molecular complexity index is 702. The quantitative estimate of drug-likeness (QED) is 0.919. The van der Waals surface area contributed by atoms with E-state index in [0.29, 0.717) is 18.7 Å². The third kappa shape index (κ3) is 4.23. The van der Waals surface area contributed by atoms with Gasteiger partial charge in [-0.05, 0) is 56.9 Å². The average molecular weight is 327 g/mol. The van der Waals surface area contributed by atoms with Gasteiger partial charge >= 0.3 is 0 Å². The van der Waals surface area contributed by atoms with Crippen LogP contribution in [-0.4, -0.2) is 34.9 Å². The first-order valence-corrected chi connectivity index (χ1v) is 8.61. The smallest absolute Gasteiger partial charge is 0.251 e. The van der Waals surface area contributed by atoms with Crippen LogP contribution in [0.4, 0.5) is 0 Å². The van der Waals surface area contributed by atoms with Crippen LogP contribution in [0.1, 0.15) is 46.6 Å². The second-order valence-electron chi connectivity index (χ2n) is 6.48. The van der Waals surface area contributed by atoms with Gasteiger partial charge in [0.1, 0.15) is 0 Å². The minimum Gasteiger partial charge on any atom is -0.376 e. The topological polar surface area (TPSA) is 56.2 Å². The predicted octanol–water partition coefficient (Wildman–Crippen LogP) is 2.85. The minimum absolute atomic E-state index is 0.0422. The number of carbonyl (C=O) groups is 1. The SMILES string of the molecule is Cc1cc(C)n(Cc2cccc(C(=O)NC[C@H]3CCCCO3)c2)n1. The van der Waals surface area contributed by atoms with Gasteiger partial charge in [0.15, 0.2) is 0 Å². The van der Waals surface area contributed by atoms with E-state index >= 15 is 0 Å². The molecular weight excluding hydrogens is 302 g/mol. The van der Waals surface area contributed by atoms with Crippen LogP contribution in [0.5, 0.6) is 0 Å². The Morgan fingerprint density at radius 1 is 1.33 bits per heavy atom. The molecule has 2 heterocycles. The van der Waals surface area contributed by atoms with Crippen molar-refractivity contribution in [1.29, 1.82) is 0 Å². The van der Waals surface area contributed by atoms with Crippen molar-refractivity contribution in [3.63, 3.8) is 0 Å². The molecule has 0 bridgehead atoms. The van der Waals surface area contributed by atoms with E-state index in [9.17, 15) is 4.79 Å². The molecule has 0 saturated carbocycles. The number of nitrogens with one attached hydrogen (secondary N) is 1. The third-order valence-corrected chi connectivity index (χ3v) is 4.39. The first kappa shape index (κ1) is 16.7. The molecule has 1 N–H and O–H groups in total. The van der Waals surface area contributed by atoms with E-state index in [1.807, 2.05) is 42.8 Å². The van der Waals surface area contributed by atoms with Gasteiger partial charge in [-0.3, -0.25) is 9.48 Å². The first-order chi connectivity index (χ1) is 11.6. The molecule has 0 unspecified atom stereocenters. The minimum atomic E-state index is -0.0422. The van der Waals surface area contributed by atoms with Crippen LogP contribution < -0.4 is 5.32 Å². The van der Waals surface area contributed by atoms with Crippen LogP contribution in [0.2, 0.25) is 0 Å². The normalized spacial score (nSPS) is 17.7. The van der Waals surface area contributed by atoms with E-state index in [2.05, 4.69) is 16.5 Å². The molecule has 1 aromatic heterocycles. The lowest BCUT2D eigenvalue weighted by molar-refractivity contribution is 0.0169. The summed E-state index contributed by atoms with van der Waals surface area (Å²) >= 11 is 0. The van der Waals surface area contributed by atoms with Crippen molar-refractivity contribution < 1.29 is 9.53 Å². The molecule has 5 nitrogen and oxygen atoms in total. The Kier molecular flexibility index (Phi) is 5.30. The van der Waals surface area contributed by atoms with Crippen molar-refractivity contribution in [2.45, 2.75) is 45.8 Å². The standard InChI is InChI=1S/C19H25N3O2/c1-14-10-15(2)22(21-14)13-16-6-5-7-17(11-16)19(23)20-12-18-8-3-4-9-24-18/h5-7,10-11,18H,3-4,8-9,12-13H2,1-2H3,(H,20,23)/t18-/m1/s1. The van der Waals surface area contributed by atoms with Gasteiger partial charge < -0.3 is 10.1 Å². The molecule has 2 aromatic rings. The zero-order valence-corrected chi connectivity index (χ0v) is 14.4. The van der Waals surface area contributed by atoms with Crippen LogP contribution in [0, 0.1) is 13.8 Å². The van der Waals surface area contributed by atoms with E-state index in [4.69, 9.17) is 4.74 Å². The maximum atomic E-state index is 12.4. The highest BCUT2D eigenvalue weighted by Crippen LogP contribution is 2.13.